The number of nitrogens with two attached hydrogens (primary N) is 1. The van der Waals surface area contributed by atoms with Crippen molar-refractivity contribution in [2.24, 2.45) is 5.73 Å². The summed E-state index contributed by atoms with van der Waals surface area (Å²) < 4.78 is 0. The van der Waals surface area contributed by atoms with E-state index in [9.17, 15) is 9.59 Å². The third-order valence-electron chi connectivity index (χ3n) is 1.76. The van der Waals surface area contributed by atoms with Crippen molar-refractivity contribution in [2.75, 3.05) is 24.7 Å². The standard InChI is InChI=1S/C7H14N4O2S/c8-7(13)10-2-1-9-6(12)5-3-14-4-11-5/h5,11H,1-4H2,(H,9,12)(H3,8,10,13). The molecule has 3 amide bonds. The minimum Gasteiger partial charge on any atom is -0.353 e. The number of amides is 3. The molecule has 0 bridgehead atoms. The molecule has 14 heavy (non-hydrogen) atoms. The van der Waals surface area contributed by atoms with Crippen molar-refractivity contribution in [3.05, 3.63) is 0 Å². The van der Waals surface area contributed by atoms with Crippen molar-refractivity contribution < 1.29 is 9.59 Å². The topological polar surface area (TPSA) is 96.2 Å². The summed E-state index contributed by atoms with van der Waals surface area (Å²) in [6, 6.07) is -0.678. The van der Waals surface area contributed by atoms with E-state index < -0.39 is 6.03 Å². The maximum Gasteiger partial charge on any atom is 0.312 e. The average molecular weight is 218 g/mol. The predicted octanol–water partition coefficient (Wildman–Crippen LogP) is -1.57. The third kappa shape index (κ3) is 3.84. The Morgan fingerprint density at radius 1 is 1.43 bits per heavy atom. The fourth-order valence-electron chi connectivity index (χ4n) is 1.06. The van der Waals surface area contributed by atoms with Gasteiger partial charge in [-0.15, -0.1) is 11.8 Å². The van der Waals surface area contributed by atoms with E-state index in [1.165, 1.54) is 0 Å². The summed E-state index contributed by atoms with van der Waals surface area (Å²) in [4.78, 5) is 21.6. The highest BCUT2D eigenvalue weighted by Crippen LogP contribution is 2.08. The summed E-state index contributed by atoms with van der Waals surface area (Å²) in [6.07, 6.45) is 0. The van der Waals surface area contributed by atoms with Crippen LogP contribution in [0.25, 0.3) is 0 Å². The fraction of sp³-hybridized carbons (Fsp3) is 0.714. The van der Waals surface area contributed by atoms with Crippen LogP contribution < -0.4 is 21.7 Å². The van der Waals surface area contributed by atoms with Gasteiger partial charge in [0.1, 0.15) is 0 Å². The van der Waals surface area contributed by atoms with E-state index in [0.717, 1.165) is 11.6 Å². The highest BCUT2D eigenvalue weighted by atomic mass is 32.2. The number of rotatable bonds is 4. The van der Waals surface area contributed by atoms with Crippen LogP contribution in [0, 0.1) is 0 Å². The Balaban J connectivity index is 2.05. The summed E-state index contributed by atoms with van der Waals surface area (Å²) in [5.74, 6) is 1.59. The third-order valence-corrected chi connectivity index (χ3v) is 2.70. The highest BCUT2D eigenvalue weighted by molar-refractivity contribution is 7.99. The van der Waals surface area contributed by atoms with Crippen LogP contribution in [-0.2, 0) is 4.79 Å². The average Bonchev–Trinajstić information content (AvgIpc) is 2.64. The van der Waals surface area contributed by atoms with E-state index >= 15 is 0 Å². The molecule has 0 aromatic carbocycles. The van der Waals surface area contributed by atoms with E-state index in [1.54, 1.807) is 11.8 Å². The number of hydrogen-bond donors (Lipinski definition) is 4. The molecule has 1 aliphatic rings. The minimum atomic E-state index is -0.575. The van der Waals surface area contributed by atoms with Gasteiger partial charge in [0.25, 0.3) is 0 Å². The number of urea groups is 1. The predicted molar refractivity (Wildman–Crippen MR) is 54.8 cm³/mol. The van der Waals surface area contributed by atoms with Gasteiger partial charge in [0.2, 0.25) is 5.91 Å². The lowest BCUT2D eigenvalue weighted by Gasteiger charge is -2.10. The zero-order valence-corrected chi connectivity index (χ0v) is 8.52. The number of nitrogens with one attached hydrogen (secondary N) is 3. The first-order valence-corrected chi connectivity index (χ1v) is 5.48. The van der Waals surface area contributed by atoms with Gasteiger partial charge < -0.3 is 16.4 Å². The molecule has 0 saturated carbocycles. The first-order valence-electron chi connectivity index (χ1n) is 4.32. The fourth-order valence-corrected chi connectivity index (χ4v) is 2.00. The van der Waals surface area contributed by atoms with Crippen molar-refractivity contribution >= 4 is 23.7 Å². The highest BCUT2D eigenvalue weighted by Gasteiger charge is 2.21. The number of hydrogen-bond acceptors (Lipinski definition) is 4. The molecule has 0 spiro atoms. The molecule has 1 fully saturated rings. The Labute approximate surface area is 86.4 Å². The molecule has 0 aromatic heterocycles. The second-order valence-electron chi connectivity index (χ2n) is 2.85. The molecule has 0 aliphatic carbocycles. The second kappa shape index (κ2) is 5.71. The summed E-state index contributed by atoms with van der Waals surface area (Å²) in [7, 11) is 0. The Bertz CT molecular complexity index is 218. The van der Waals surface area contributed by atoms with E-state index in [-0.39, 0.29) is 11.9 Å². The molecule has 1 rings (SSSR count). The zero-order valence-electron chi connectivity index (χ0n) is 7.71. The summed E-state index contributed by atoms with van der Waals surface area (Å²) in [6.45, 7) is 0.769. The number of primary amides is 1. The van der Waals surface area contributed by atoms with Crippen molar-refractivity contribution in [1.29, 1.82) is 0 Å². The van der Waals surface area contributed by atoms with Gasteiger partial charge in [-0.25, -0.2) is 4.79 Å². The van der Waals surface area contributed by atoms with E-state index in [4.69, 9.17) is 5.73 Å². The minimum absolute atomic E-state index is 0.0266. The van der Waals surface area contributed by atoms with Crippen molar-refractivity contribution in [3.8, 4) is 0 Å². The van der Waals surface area contributed by atoms with Crippen LogP contribution in [0.5, 0.6) is 0 Å². The zero-order chi connectivity index (χ0) is 10.4. The first-order chi connectivity index (χ1) is 6.70. The largest absolute Gasteiger partial charge is 0.353 e. The summed E-state index contributed by atoms with van der Waals surface area (Å²) >= 11 is 1.69. The molecule has 1 atom stereocenters. The van der Waals surface area contributed by atoms with Gasteiger partial charge in [-0.3, -0.25) is 10.1 Å². The van der Waals surface area contributed by atoms with Gasteiger partial charge in [0.15, 0.2) is 0 Å². The maximum atomic E-state index is 11.4. The van der Waals surface area contributed by atoms with E-state index in [2.05, 4.69) is 16.0 Å². The number of carbonyl (C=O) groups is 2. The quantitative estimate of drug-likeness (QED) is 0.429. The lowest BCUT2D eigenvalue weighted by atomic mass is 10.3. The van der Waals surface area contributed by atoms with Gasteiger partial charge in [-0.1, -0.05) is 0 Å². The van der Waals surface area contributed by atoms with Gasteiger partial charge in [-0.2, -0.15) is 0 Å². The number of carbonyl (C=O) groups excluding carboxylic acids is 2. The van der Waals surface area contributed by atoms with Crippen molar-refractivity contribution in [3.63, 3.8) is 0 Å². The van der Waals surface area contributed by atoms with Crippen LogP contribution in [0.3, 0.4) is 0 Å². The van der Waals surface area contributed by atoms with Gasteiger partial charge >= 0.3 is 6.03 Å². The molecule has 7 heteroatoms. The van der Waals surface area contributed by atoms with Crippen LogP contribution in [0.4, 0.5) is 4.79 Å². The van der Waals surface area contributed by atoms with E-state index in [0.29, 0.717) is 13.1 Å². The van der Waals surface area contributed by atoms with Crippen LogP contribution in [-0.4, -0.2) is 42.7 Å². The van der Waals surface area contributed by atoms with Crippen molar-refractivity contribution in [1.82, 2.24) is 16.0 Å². The Morgan fingerprint density at radius 2 is 2.14 bits per heavy atom. The molecule has 0 aromatic rings. The smallest absolute Gasteiger partial charge is 0.312 e. The Kier molecular flexibility index (Phi) is 4.54. The summed E-state index contributed by atoms with van der Waals surface area (Å²) in [5, 5.41) is 8.13. The lowest BCUT2D eigenvalue weighted by molar-refractivity contribution is -0.122. The molecule has 6 nitrogen and oxygen atoms in total. The lowest BCUT2D eigenvalue weighted by Crippen LogP contribution is -2.45. The van der Waals surface area contributed by atoms with Gasteiger partial charge in [0.05, 0.1) is 6.04 Å². The summed E-state index contributed by atoms with van der Waals surface area (Å²) in [5.41, 5.74) is 4.85. The molecule has 1 saturated heterocycles. The maximum absolute atomic E-state index is 11.4. The van der Waals surface area contributed by atoms with E-state index in [1.807, 2.05) is 0 Å². The second-order valence-corrected chi connectivity index (χ2v) is 3.88. The molecular weight excluding hydrogens is 204 g/mol. The van der Waals surface area contributed by atoms with Gasteiger partial charge in [0, 0.05) is 24.7 Å². The normalized spacial score (nSPS) is 20.4. The van der Waals surface area contributed by atoms with Crippen LogP contribution in [0.15, 0.2) is 0 Å². The SMILES string of the molecule is NC(=O)NCCNC(=O)C1CSCN1. The Hall–Kier alpha value is -0.950. The molecule has 1 unspecified atom stereocenters. The van der Waals surface area contributed by atoms with Crippen LogP contribution >= 0.6 is 11.8 Å². The number of thioether (sulfide) groups is 1. The monoisotopic (exact) mass is 218 g/mol. The van der Waals surface area contributed by atoms with Crippen LogP contribution in [0.2, 0.25) is 0 Å². The van der Waals surface area contributed by atoms with Crippen LogP contribution in [0.1, 0.15) is 0 Å². The Morgan fingerprint density at radius 3 is 2.71 bits per heavy atom. The molecule has 5 N–H and O–H groups in total. The molecule has 1 aliphatic heterocycles. The molecule has 0 radical (unpaired) electrons. The first kappa shape index (κ1) is 11.1. The molecule has 1 heterocycles. The van der Waals surface area contributed by atoms with Gasteiger partial charge in [-0.05, 0) is 0 Å². The molecule has 80 valence electrons. The molecular formula is C7H14N4O2S. The van der Waals surface area contributed by atoms with Crippen molar-refractivity contribution in [2.45, 2.75) is 6.04 Å².